The second-order valence-electron chi connectivity index (χ2n) is 6.23. The zero-order valence-electron chi connectivity index (χ0n) is 13.1. The van der Waals surface area contributed by atoms with E-state index in [9.17, 15) is 4.79 Å². The van der Waals surface area contributed by atoms with E-state index in [4.69, 9.17) is 0 Å². The summed E-state index contributed by atoms with van der Waals surface area (Å²) in [5, 5.41) is 6.89. The Hall–Kier alpha value is -1.92. The van der Waals surface area contributed by atoms with Crippen LogP contribution in [0.4, 0.5) is 11.4 Å². The number of para-hydroxylation sites is 2. The summed E-state index contributed by atoms with van der Waals surface area (Å²) in [6, 6.07) is 8.09. The average molecular weight is 328 g/mol. The number of aryl methyl sites for hydroxylation is 1. The molecular formula is C17H20N4OS. The molecule has 0 bridgehead atoms. The van der Waals surface area contributed by atoms with Crippen molar-refractivity contribution in [2.45, 2.75) is 31.8 Å². The number of hydrogen-bond donors (Lipinski definition) is 2. The first-order valence-electron chi connectivity index (χ1n) is 7.98. The third kappa shape index (κ3) is 2.42. The number of nitrogens with one attached hydrogen (secondary N) is 2. The van der Waals surface area contributed by atoms with Gasteiger partial charge in [0.05, 0.1) is 29.1 Å². The van der Waals surface area contributed by atoms with E-state index in [-0.39, 0.29) is 5.91 Å². The molecular weight excluding hydrogens is 308 g/mol. The summed E-state index contributed by atoms with van der Waals surface area (Å²) >= 11 is 1.62. The van der Waals surface area contributed by atoms with Gasteiger partial charge < -0.3 is 15.5 Å². The maximum atomic E-state index is 13.3. The van der Waals surface area contributed by atoms with E-state index in [1.54, 1.807) is 11.3 Å². The van der Waals surface area contributed by atoms with Gasteiger partial charge in [-0.25, -0.2) is 4.98 Å². The highest BCUT2D eigenvalue weighted by molar-refractivity contribution is 7.09. The van der Waals surface area contributed by atoms with Gasteiger partial charge in [0, 0.05) is 4.88 Å². The first-order valence-corrected chi connectivity index (χ1v) is 8.86. The van der Waals surface area contributed by atoms with Crippen LogP contribution in [0.15, 0.2) is 29.8 Å². The lowest BCUT2D eigenvalue weighted by atomic mass is 9.84. The van der Waals surface area contributed by atoms with Crippen molar-refractivity contribution in [1.29, 1.82) is 0 Å². The summed E-state index contributed by atoms with van der Waals surface area (Å²) in [6.07, 6.45) is 1.64. The predicted molar refractivity (Wildman–Crippen MR) is 92.9 cm³/mol. The number of aromatic nitrogens is 1. The zero-order valence-corrected chi connectivity index (χ0v) is 13.9. The van der Waals surface area contributed by atoms with E-state index in [2.05, 4.69) is 21.7 Å². The van der Waals surface area contributed by atoms with E-state index >= 15 is 0 Å². The number of nitrogens with zero attached hydrogens (tertiary/aromatic N) is 2. The topological polar surface area (TPSA) is 57.3 Å². The summed E-state index contributed by atoms with van der Waals surface area (Å²) < 4.78 is 0. The minimum Gasteiger partial charge on any atom is -0.369 e. The van der Waals surface area contributed by atoms with Gasteiger partial charge in [-0.15, -0.1) is 11.3 Å². The Labute approximate surface area is 139 Å². The van der Waals surface area contributed by atoms with Crippen LogP contribution in [0.2, 0.25) is 0 Å². The van der Waals surface area contributed by atoms with Crippen molar-refractivity contribution in [3.8, 4) is 0 Å². The van der Waals surface area contributed by atoms with Gasteiger partial charge in [-0.3, -0.25) is 4.79 Å². The van der Waals surface area contributed by atoms with Crippen LogP contribution in [0.3, 0.4) is 0 Å². The maximum Gasteiger partial charge on any atom is 0.253 e. The molecule has 2 aliphatic heterocycles. The quantitative estimate of drug-likeness (QED) is 0.889. The SMILES string of the molecule is Cc1ncsc1CN1C(=O)C2(CCNCC2)Nc2ccccc21. The van der Waals surface area contributed by atoms with Gasteiger partial charge in [0.15, 0.2) is 0 Å². The lowest BCUT2D eigenvalue weighted by molar-refractivity contribution is -0.124. The van der Waals surface area contributed by atoms with Crippen molar-refractivity contribution in [2.75, 3.05) is 23.3 Å². The van der Waals surface area contributed by atoms with Crippen molar-refractivity contribution in [3.05, 3.63) is 40.3 Å². The molecule has 0 radical (unpaired) electrons. The van der Waals surface area contributed by atoms with Crippen LogP contribution >= 0.6 is 11.3 Å². The normalized spacial score (nSPS) is 19.5. The Balaban J connectivity index is 1.75. The Morgan fingerprint density at radius 1 is 1.30 bits per heavy atom. The molecule has 1 aromatic heterocycles. The summed E-state index contributed by atoms with van der Waals surface area (Å²) in [6.45, 7) is 4.34. The average Bonchev–Trinajstić information content (AvgIpc) is 2.98. The molecule has 0 saturated carbocycles. The molecule has 1 fully saturated rings. The van der Waals surface area contributed by atoms with Crippen molar-refractivity contribution in [1.82, 2.24) is 10.3 Å². The highest BCUT2D eigenvalue weighted by Crippen LogP contribution is 2.40. The Morgan fingerprint density at radius 3 is 2.83 bits per heavy atom. The number of fused-ring (bicyclic) bond motifs is 1. The van der Waals surface area contributed by atoms with Gasteiger partial charge in [0.2, 0.25) is 0 Å². The first-order chi connectivity index (χ1) is 11.2. The van der Waals surface area contributed by atoms with Crippen molar-refractivity contribution < 1.29 is 4.79 Å². The highest BCUT2D eigenvalue weighted by atomic mass is 32.1. The van der Waals surface area contributed by atoms with Gasteiger partial charge in [0.25, 0.3) is 5.91 Å². The molecule has 1 spiro atoms. The number of piperidine rings is 1. The number of anilines is 2. The molecule has 2 N–H and O–H groups in total. The molecule has 0 aliphatic carbocycles. The van der Waals surface area contributed by atoms with E-state index in [1.807, 2.05) is 35.5 Å². The van der Waals surface area contributed by atoms with Crippen LogP contribution in [-0.2, 0) is 11.3 Å². The largest absolute Gasteiger partial charge is 0.369 e. The first kappa shape index (κ1) is 14.7. The molecule has 1 aromatic carbocycles. The Kier molecular flexibility index (Phi) is 3.58. The Morgan fingerprint density at radius 2 is 2.09 bits per heavy atom. The second kappa shape index (κ2) is 5.62. The molecule has 0 unspecified atom stereocenters. The third-order valence-electron chi connectivity index (χ3n) is 4.83. The molecule has 5 nitrogen and oxygen atoms in total. The van der Waals surface area contributed by atoms with Gasteiger partial charge in [-0.2, -0.15) is 0 Å². The number of hydrogen-bond acceptors (Lipinski definition) is 5. The molecule has 1 amide bonds. The number of benzene rings is 1. The molecule has 3 heterocycles. The minimum atomic E-state index is -0.474. The van der Waals surface area contributed by atoms with E-state index in [1.165, 1.54) is 0 Å². The number of thiazole rings is 1. The fourth-order valence-corrected chi connectivity index (χ4v) is 4.23. The van der Waals surface area contributed by atoms with Gasteiger partial charge in [-0.1, -0.05) is 12.1 Å². The lowest BCUT2D eigenvalue weighted by Crippen LogP contribution is -2.61. The number of rotatable bonds is 2. The van der Waals surface area contributed by atoms with Gasteiger partial charge in [0.1, 0.15) is 5.54 Å². The molecule has 4 rings (SSSR count). The number of carbonyl (C=O) groups excluding carboxylic acids is 1. The maximum absolute atomic E-state index is 13.3. The van der Waals surface area contributed by atoms with Crippen molar-refractivity contribution >= 4 is 28.6 Å². The number of carbonyl (C=O) groups is 1. The molecule has 6 heteroatoms. The summed E-state index contributed by atoms with van der Waals surface area (Å²) in [5.41, 5.74) is 4.41. The van der Waals surface area contributed by atoms with Crippen molar-refractivity contribution in [3.63, 3.8) is 0 Å². The minimum absolute atomic E-state index is 0.186. The molecule has 23 heavy (non-hydrogen) atoms. The van der Waals surface area contributed by atoms with Crippen LogP contribution in [-0.4, -0.2) is 29.5 Å². The van der Waals surface area contributed by atoms with Crippen LogP contribution in [0.1, 0.15) is 23.4 Å². The fraction of sp³-hybridized carbons (Fsp3) is 0.412. The van der Waals surface area contributed by atoms with E-state index < -0.39 is 5.54 Å². The molecule has 2 aliphatic rings. The second-order valence-corrected chi connectivity index (χ2v) is 7.17. The van der Waals surface area contributed by atoms with Crippen LogP contribution in [0, 0.1) is 6.92 Å². The Bertz CT molecular complexity index is 736. The summed E-state index contributed by atoms with van der Waals surface area (Å²) in [4.78, 5) is 20.7. The predicted octanol–water partition coefficient (Wildman–Crippen LogP) is 2.53. The molecule has 1 saturated heterocycles. The fourth-order valence-electron chi connectivity index (χ4n) is 3.46. The summed E-state index contributed by atoms with van der Waals surface area (Å²) in [7, 11) is 0. The van der Waals surface area contributed by atoms with Crippen LogP contribution in [0.5, 0.6) is 0 Å². The third-order valence-corrected chi connectivity index (χ3v) is 5.75. The summed E-state index contributed by atoms with van der Waals surface area (Å²) in [5.74, 6) is 0.186. The lowest BCUT2D eigenvalue weighted by Gasteiger charge is -2.45. The van der Waals surface area contributed by atoms with Crippen LogP contribution < -0.4 is 15.5 Å². The zero-order chi connectivity index (χ0) is 15.9. The highest BCUT2D eigenvalue weighted by Gasteiger charge is 2.46. The number of amides is 1. The molecule has 120 valence electrons. The molecule has 0 atom stereocenters. The van der Waals surface area contributed by atoms with Gasteiger partial charge >= 0.3 is 0 Å². The van der Waals surface area contributed by atoms with E-state index in [0.717, 1.165) is 47.9 Å². The van der Waals surface area contributed by atoms with E-state index in [0.29, 0.717) is 6.54 Å². The standard InChI is InChI=1S/C17H20N4OS/c1-12-15(23-11-19-12)10-21-14-5-3-2-4-13(14)20-17(16(21)22)6-8-18-9-7-17/h2-5,11,18,20H,6-10H2,1H3. The molecule has 2 aromatic rings. The smallest absolute Gasteiger partial charge is 0.253 e. The monoisotopic (exact) mass is 328 g/mol. The van der Waals surface area contributed by atoms with Crippen molar-refractivity contribution in [2.24, 2.45) is 0 Å². The van der Waals surface area contributed by atoms with Crippen LogP contribution in [0.25, 0.3) is 0 Å². The van der Waals surface area contributed by atoms with Gasteiger partial charge in [-0.05, 0) is 45.0 Å².